The Morgan fingerprint density at radius 2 is 2.15 bits per heavy atom. The number of nitrogens with one attached hydrogen (secondary N) is 1. The van der Waals surface area contributed by atoms with Crippen LogP contribution in [0.25, 0.3) is 0 Å². The predicted octanol–water partition coefficient (Wildman–Crippen LogP) is 1.08. The lowest BCUT2D eigenvalue weighted by molar-refractivity contribution is -0.109. The second kappa shape index (κ2) is 3.39. The first-order chi connectivity index (χ1) is 6.42. The zero-order valence-corrected chi connectivity index (χ0v) is 7.16. The molecule has 1 aromatic rings. The summed E-state index contributed by atoms with van der Waals surface area (Å²) in [5, 5.41) is 3.98. The van der Waals surface area contributed by atoms with E-state index in [1.807, 2.05) is 18.2 Å². The molecule has 1 aliphatic carbocycles. The second-order valence-corrected chi connectivity index (χ2v) is 2.96. The summed E-state index contributed by atoms with van der Waals surface area (Å²) in [7, 11) is 0. The smallest absolute Gasteiger partial charge is 0.227 e. The molecule has 0 saturated carbocycles. The zero-order valence-electron chi connectivity index (χ0n) is 7.16. The fourth-order valence-electron chi connectivity index (χ4n) is 1.63. The van der Waals surface area contributed by atoms with Crippen molar-refractivity contribution >= 4 is 12.1 Å². The first-order valence-corrected chi connectivity index (χ1v) is 4.26. The van der Waals surface area contributed by atoms with Gasteiger partial charge in [-0.1, -0.05) is 24.3 Å². The van der Waals surface area contributed by atoms with Crippen molar-refractivity contribution in [2.75, 3.05) is 0 Å². The van der Waals surface area contributed by atoms with Gasteiger partial charge in [0.2, 0.25) is 6.41 Å². The second-order valence-electron chi connectivity index (χ2n) is 2.96. The molecule has 1 N–H and O–H groups in total. The van der Waals surface area contributed by atoms with Crippen molar-refractivity contribution in [2.45, 2.75) is 12.8 Å². The summed E-state index contributed by atoms with van der Waals surface area (Å²) in [6.07, 6.45) is 2.53. The Balaban J connectivity index is 2.33. The molecule has 0 bridgehead atoms. The minimum atomic E-state index is 0.591. The quantitative estimate of drug-likeness (QED) is 0.529. The molecule has 66 valence electrons. The van der Waals surface area contributed by atoms with E-state index in [1.165, 1.54) is 5.56 Å². The van der Waals surface area contributed by atoms with Gasteiger partial charge in [-0.25, -0.2) is 5.43 Å². The lowest BCUT2D eigenvalue weighted by atomic mass is 10.1. The molecule has 13 heavy (non-hydrogen) atoms. The van der Waals surface area contributed by atoms with E-state index in [4.69, 9.17) is 0 Å². The predicted molar refractivity (Wildman–Crippen MR) is 50.5 cm³/mol. The highest BCUT2D eigenvalue weighted by Crippen LogP contribution is 2.21. The van der Waals surface area contributed by atoms with Gasteiger partial charge >= 0.3 is 0 Å². The molecule has 1 aromatic carbocycles. The van der Waals surface area contributed by atoms with Crippen LogP contribution in [0.1, 0.15) is 17.5 Å². The van der Waals surface area contributed by atoms with Crippen LogP contribution in [0.3, 0.4) is 0 Å². The van der Waals surface area contributed by atoms with Gasteiger partial charge in [-0.3, -0.25) is 4.79 Å². The van der Waals surface area contributed by atoms with E-state index in [1.54, 1.807) is 0 Å². The summed E-state index contributed by atoms with van der Waals surface area (Å²) in [6, 6.07) is 8.14. The van der Waals surface area contributed by atoms with E-state index in [0.29, 0.717) is 6.41 Å². The van der Waals surface area contributed by atoms with Gasteiger partial charge in [-0.15, -0.1) is 0 Å². The van der Waals surface area contributed by atoms with Crippen molar-refractivity contribution in [3.8, 4) is 0 Å². The average Bonchev–Trinajstić information content (AvgIpc) is 2.58. The third-order valence-electron chi connectivity index (χ3n) is 2.21. The number of hydrogen-bond donors (Lipinski definition) is 1. The van der Waals surface area contributed by atoms with Crippen LogP contribution in [0.2, 0.25) is 0 Å². The van der Waals surface area contributed by atoms with E-state index in [0.717, 1.165) is 24.1 Å². The maximum atomic E-state index is 10.1. The third kappa shape index (κ3) is 1.45. The first kappa shape index (κ1) is 7.98. The molecule has 3 heteroatoms. The molecule has 0 unspecified atom stereocenters. The van der Waals surface area contributed by atoms with Gasteiger partial charge in [0.25, 0.3) is 0 Å². The molecule has 0 atom stereocenters. The van der Waals surface area contributed by atoms with E-state index < -0.39 is 0 Å². The molecular weight excluding hydrogens is 164 g/mol. The fraction of sp³-hybridized carbons (Fsp3) is 0.200. The van der Waals surface area contributed by atoms with Gasteiger partial charge in [-0.05, 0) is 18.4 Å². The Hall–Kier alpha value is -1.64. The number of rotatable bonds is 2. The normalized spacial score (nSPS) is 17.1. The van der Waals surface area contributed by atoms with Crippen LogP contribution < -0.4 is 5.43 Å². The Morgan fingerprint density at radius 3 is 3.00 bits per heavy atom. The molecule has 0 fully saturated rings. The zero-order chi connectivity index (χ0) is 9.10. The number of benzene rings is 1. The molecule has 0 spiro atoms. The maximum Gasteiger partial charge on any atom is 0.227 e. The van der Waals surface area contributed by atoms with E-state index in [-0.39, 0.29) is 0 Å². The Kier molecular flexibility index (Phi) is 2.08. The molecule has 0 saturated heterocycles. The summed E-state index contributed by atoms with van der Waals surface area (Å²) in [4.78, 5) is 10.1. The summed E-state index contributed by atoms with van der Waals surface area (Å²) < 4.78 is 0. The molecule has 0 heterocycles. The highest BCUT2D eigenvalue weighted by molar-refractivity contribution is 6.04. The van der Waals surface area contributed by atoms with Crippen LogP contribution in [0.5, 0.6) is 0 Å². The molecule has 0 aliphatic heterocycles. The Labute approximate surface area is 76.5 Å². The van der Waals surface area contributed by atoms with Gasteiger partial charge in [0.05, 0.1) is 5.71 Å². The molecule has 1 amide bonds. The molecular formula is C10H10N2O. The Bertz CT molecular complexity index is 358. The van der Waals surface area contributed by atoms with Crippen molar-refractivity contribution < 1.29 is 4.79 Å². The van der Waals surface area contributed by atoms with Crippen molar-refractivity contribution in [3.05, 3.63) is 35.4 Å². The number of aryl methyl sites for hydroxylation is 1. The number of carbonyl (C=O) groups is 1. The minimum Gasteiger partial charge on any atom is -0.277 e. The average molecular weight is 174 g/mol. The van der Waals surface area contributed by atoms with Crippen molar-refractivity contribution in [1.29, 1.82) is 0 Å². The van der Waals surface area contributed by atoms with Crippen LogP contribution in [0.4, 0.5) is 0 Å². The molecule has 1 aliphatic rings. The first-order valence-electron chi connectivity index (χ1n) is 4.26. The SMILES string of the molecule is O=CN/N=C1/CCc2ccccc21. The highest BCUT2D eigenvalue weighted by Gasteiger charge is 2.16. The summed E-state index contributed by atoms with van der Waals surface area (Å²) in [6.45, 7) is 0. The molecule has 0 aromatic heterocycles. The van der Waals surface area contributed by atoms with E-state index in [2.05, 4.69) is 16.6 Å². The van der Waals surface area contributed by atoms with Crippen molar-refractivity contribution in [3.63, 3.8) is 0 Å². The number of nitrogens with zero attached hydrogens (tertiary/aromatic N) is 1. The van der Waals surface area contributed by atoms with Crippen LogP contribution in [0.15, 0.2) is 29.4 Å². The number of hydrogen-bond acceptors (Lipinski definition) is 2. The summed E-state index contributed by atoms with van der Waals surface area (Å²) in [5.74, 6) is 0. The van der Waals surface area contributed by atoms with Crippen molar-refractivity contribution in [1.82, 2.24) is 5.43 Å². The largest absolute Gasteiger partial charge is 0.277 e. The standard InChI is InChI=1S/C10H10N2O/c13-7-11-12-10-6-5-8-3-1-2-4-9(8)10/h1-4,7H,5-6H2,(H,11,13)/b12-10-. The van der Waals surface area contributed by atoms with Gasteiger partial charge < -0.3 is 0 Å². The van der Waals surface area contributed by atoms with Crippen molar-refractivity contribution in [2.24, 2.45) is 5.10 Å². The molecule has 3 nitrogen and oxygen atoms in total. The van der Waals surface area contributed by atoms with Gasteiger partial charge in [0, 0.05) is 5.56 Å². The number of fused-ring (bicyclic) bond motifs is 1. The summed E-state index contributed by atoms with van der Waals surface area (Å²) >= 11 is 0. The van der Waals surface area contributed by atoms with Crippen LogP contribution in [-0.4, -0.2) is 12.1 Å². The van der Waals surface area contributed by atoms with Crippen LogP contribution >= 0.6 is 0 Å². The van der Waals surface area contributed by atoms with Gasteiger partial charge in [0.15, 0.2) is 0 Å². The topological polar surface area (TPSA) is 41.5 Å². The number of amides is 1. The molecule has 0 radical (unpaired) electrons. The van der Waals surface area contributed by atoms with E-state index >= 15 is 0 Å². The van der Waals surface area contributed by atoms with E-state index in [9.17, 15) is 4.79 Å². The fourth-order valence-corrected chi connectivity index (χ4v) is 1.63. The lowest BCUT2D eigenvalue weighted by Crippen LogP contribution is -2.06. The van der Waals surface area contributed by atoms with Gasteiger partial charge in [0.1, 0.15) is 0 Å². The third-order valence-corrected chi connectivity index (χ3v) is 2.21. The maximum absolute atomic E-state index is 10.1. The summed E-state index contributed by atoms with van der Waals surface area (Å²) in [5.41, 5.74) is 5.79. The minimum absolute atomic E-state index is 0.591. The van der Waals surface area contributed by atoms with Crippen LogP contribution in [-0.2, 0) is 11.2 Å². The number of carbonyl (C=O) groups excluding carboxylic acids is 1. The highest BCUT2D eigenvalue weighted by atomic mass is 16.1. The number of hydrazone groups is 1. The molecule has 2 rings (SSSR count). The Morgan fingerprint density at radius 1 is 1.31 bits per heavy atom. The lowest BCUT2D eigenvalue weighted by Gasteiger charge is -1.97. The van der Waals surface area contributed by atoms with Crippen LogP contribution in [0, 0.1) is 0 Å². The monoisotopic (exact) mass is 174 g/mol. The van der Waals surface area contributed by atoms with Gasteiger partial charge in [-0.2, -0.15) is 5.10 Å².